The van der Waals surface area contributed by atoms with Crippen LogP contribution in [0, 0.1) is 6.92 Å². The molecule has 0 saturated carbocycles. The minimum atomic E-state index is -0.580. The number of hydrogen-bond acceptors (Lipinski definition) is 7. The molecule has 0 bridgehead atoms. The molecular weight excluding hydrogens is 358 g/mol. The second-order valence-electron chi connectivity index (χ2n) is 5.44. The van der Waals surface area contributed by atoms with E-state index in [1.165, 1.54) is 0 Å². The number of imide groups is 1. The smallest absolute Gasteiger partial charge is 0.350 e. The number of esters is 1. The molecule has 134 valence electrons. The summed E-state index contributed by atoms with van der Waals surface area (Å²) in [6.07, 6.45) is 0. The van der Waals surface area contributed by atoms with Crippen LogP contribution in [0.3, 0.4) is 0 Å². The molecule has 0 aliphatic carbocycles. The maximum Gasteiger partial charge on any atom is 0.350 e. The Balaban J connectivity index is 1.69. The van der Waals surface area contributed by atoms with Crippen molar-refractivity contribution in [1.29, 1.82) is 0 Å². The Hall–Kier alpha value is -3.07. The van der Waals surface area contributed by atoms with E-state index in [1.807, 2.05) is 0 Å². The predicted octanol–water partition coefficient (Wildman–Crippen LogP) is 1.86. The first-order valence-corrected chi connectivity index (χ1v) is 8.63. The number of nitrogens with zero attached hydrogens (tertiary/aromatic N) is 2. The molecule has 1 aromatic heterocycles. The zero-order chi connectivity index (χ0) is 18.8. The molecule has 1 N–H and O–H groups in total. The van der Waals surface area contributed by atoms with Crippen LogP contribution in [-0.4, -0.2) is 46.7 Å². The lowest BCUT2D eigenvalue weighted by Gasteiger charge is -2.12. The Morgan fingerprint density at radius 1 is 1.19 bits per heavy atom. The number of anilines is 1. The van der Waals surface area contributed by atoms with Gasteiger partial charge in [-0.05, 0) is 26.0 Å². The van der Waals surface area contributed by atoms with Crippen molar-refractivity contribution >= 4 is 40.2 Å². The highest BCUT2D eigenvalue weighted by molar-refractivity contribution is 7.17. The Labute approximate surface area is 152 Å². The molecule has 1 aliphatic heterocycles. The minimum Gasteiger partial charge on any atom is -0.462 e. The van der Waals surface area contributed by atoms with Gasteiger partial charge < -0.3 is 10.1 Å². The fraction of sp³-hybridized carbons (Fsp3) is 0.235. The van der Waals surface area contributed by atoms with E-state index in [9.17, 15) is 19.2 Å². The van der Waals surface area contributed by atoms with E-state index in [0.717, 1.165) is 16.2 Å². The molecule has 3 amide bonds. The monoisotopic (exact) mass is 373 g/mol. The van der Waals surface area contributed by atoms with Crippen molar-refractivity contribution in [2.45, 2.75) is 13.8 Å². The molecule has 8 nitrogen and oxygen atoms in total. The van der Waals surface area contributed by atoms with Gasteiger partial charge in [-0.3, -0.25) is 19.3 Å². The summed E-state index contributed by atoms with van der Waals surface area (Å²) >= 11 is 0.977. The number of nitrogens with one attached hydrogen (secondary N) is 1. The topological polar surface area (TPSA) is 106 Å². The number of benzene rings is 1. The highest BCUT2D eigenvalue weighted by atomic mass is 32.1. The number of fused-ring (bicyclic) bond motifs is 1. The number of rotatable bonds is 5. The molecule has 0 saturated heterocycles. The molecule has 2 aromatic rings. The number of aromatic nitrogens is 1. The van der Waals surface area contributed by atoms with E-state index in [2.05, 4.69) is 10.3 Å². The van der Waals surface area contributed by atoms with Crippen molar-refractivity contribution in [2.24, 2.45) is 0 Å². The fourth-order valence-electron chi connectivity index (χ4n) is 2.52. The summed E-state index contributed by atoms with van der Waals surface area (Å²) in [5.74, 6) is -2.11. The molecule has 1 aromatic carbocycles. The second kappa shape index (κ2) is 7.04. The zero-order valence-electron chi connectivity index (χ0n) is 14.1. The van der Waals surface area contributed by atoms with E-state index in [4.69, 9.17) is 4.74 Å². The Morgan fingerprint density at radius 2 is 1.81 bits per heavy atom. The van der Waals surface area contributed by atoms with Crippen LogP contribution < -0.4 is 5.32 Å². The third kappa shape index (κ3) is 3.21. The largest absolute Gasteiger partial charge is 0.462 e. The maximum atomic E-state index is 12.3. The summed E-state index contributed by atoms with van der Waals surface area (Å²) in [6, 6.07) is 6.40. The van der Waals surface area contributed by atoms with Crippen molar-refractivity contribution < 1.29 is 23.9 Å². The normalized spacial score (nSPS) is 12.9. The number of ether oxygens (including phenoxy) is 1. The first-order valence-electron chi connectivity index (χ1n) is 7.82. The SMILES string of the molecule is CCOC(=O)c1sc(NC(=O)CN2C(=O)c3ccccc3C2=O)nc1C. The van der Waals surface area contributed by atoms with Crippen LogP contribution in [-0.2, 0) is 9.53 Å². The summed E-state index contributed by atoms with van der Waals surface area (Å²) in [7, 11) is 0. The van der Waals surface area contributed by atoms with Gasteiger partial charge in [-0.15, -0.1) is 0 Å². The molecule has 9 heteroatoms. The van der Waals surface area contributed by atoms with Crippen molar-refractivity contribution in [1.82, 2.24) is 9.88 Å². The predicted molar refractivity (Wildman–Crippen MR) is 93.2 cm³/mol. The average molecular weight is 373 g/mol. The molecule has 2 heterocycles. The van der Waals surface area contributed by atoms with Crippen LogP contribution in [0.25, 0.3) is 0 Å². The van der Waals surface area contributed by atoms with Crippen molar-refractivity contribution in [2.75, 3.05) is 18.5 Å². The maximum absolute atomic E-state index is 12.3. The average Bonchev–Trinajstić information content (AvgIpc) is 3.08. The van der Waals surface area contributed by atoms with E-state index in [-0.39, 0.29) is 22.9 Å². The first-order chi connectivity index (χ1) is 12.4. The number of hydrogen-bond donors (Lipinski definition) is 1. The lowest BCUT2D eigenvalue weighted by Crippen LogP contribution is -2.37. The summed E-state index contributed by atoms with van der Waals surface area (Å²) in [6.45, 7) is 3.12. The number of carbonyl (C=O) groups is 4. The standard InChI is InChI=1S/C17H15N3O5S/c1-3-25-16(24)13-9(2)18-17(26-13)19-12(21)8-20-14(22)10-6-4-5-7-11(10)15(20)23/h4-7H,3,8H2,1-2H3,(H,18,19,21). The van der Waals surface area contributed by atoms with Gasteiger partial charge in [-0.2, -0.15) is 0 Å². The number of aryl methyl sites for hydroxylation is 1. The lowest BCUT2D eigenvalue weighted by atomic mass is 10.1. The van der Waals surface area contributed by atoms with Crippen LogP contribution in [0.2, 0.25) is 0 Å². The molecule has 0 fully saturated rings. The van der Waals surface area contributed by atoms with Crippen LogP contribution in [0.15, 0.2) is 24.3 Å². The van der Waals surface area contributed by atoms with Crippen LogP contribution in [0.1, 0.15) is 43.0 Å². The van der Waals surface area contributed by atoms with Crippen LogP contribution >= 0.6 is 11.3 Å². The number of carbonyl (C=O) groups excluding carboxylic acids is 4. The van der Waals surface area contributed by atoms with Gasteiger partial charge in [0.15, 0.2) is 5.13 Å². The molecule has 0 unspecified atom stereocenters. The van der Waals surface area contributed by atoms with E-state index in [0.29, 0.717) is 10.6 Å². The van der Waals surface area contributed by atoms with Crippen LogP contribution in [0.4, 0.5) is 5.13 Å². The van der Waals surface area contributed by atoms with Gasteiger partial charge in [-0.25, -0.2) is 9.78 Å². The fourth-order valence-corrected chi connectivity index (χ4v) is 3.40. The summed E-state index contributed by atoms with van der Waals surface area (Å²) in [5, 5.41) is 2.71. The Kier molecular flexibility index (Phi) is 4.81. The van der Waals surface area contributed by atoms with Crippen molar-refractivity contribution in [3.8, 4) is 0 Å². The van der Waals surface area contributed by atoms with Crippen molar-refractivity contribution in [3.05, 3.63) is 46.0 Å². The van der Waals surface area contributed by atoms with E-state index >= 15 is 0 Å². The second-order valence-corrected chi connectivity index (χ2v) is 6.44. The molecule has 0 atom stereocenters. The van der Waals surface area contributed by atoms with Gasteiger partial charge in [0.1, 0.15) is 11.4 Å². The van der Waals surface area contributed by atoms with E-state index < -0.39 is 30.2 Å². The summed E-state index contributed by atoms with van der Waals surface area (Å²) in [5.41, 5.74) is 0.990. The van der Waals surface area contributed by atoms with Gasteiger partial charge in [0.05, 0.1) is 23.4 Å². The molecule has 0 spiro atoms. The van der Waals surface area contributed by atoms with Gasteiger partial charge >= 0.3 is 5.97 Å². The summed E-state index contributed by atoms with van der Waals surface area (Å²) in [4.78, 5) is 53.8. The Morgan fingerprint density at radius 3 is 2.38 bits per heavy atom. The molecule has 1 aliphatic rings. The zero-order valence-corrected chi connectivity index (χ0v) is 14.9. The lowest BCUT2D eigenvalue weighted by molar-refractivity contribution is -0.116. The molecular formula is C17H15N3O5S. The highest BCUT2D eigenvalue weighted by Gasteiger charge is 2.36. The Bertz CT molecular complexity index is 886. The van der Waals surface area contributed by atoms with Gasteiger partial charge in [-0.1, -0.05) is 23.5 Å². The quantitative estimate of drug-likeness (QED) is 0.633. The molecule has 3 rings (SSSR count). The van der Waals surface area contributed by atoms with Crippen LogP contribution in [0.5, 0.6) is 0 Å². The third-order valence-corrected chi connectivity index (χ3v) is 4.74. The van der Waals surface area contributed by atoms with Gasteiger partial charge in [0.2, 0.25) is 5.91 Å². The summed E-state index contributed by atoms with van der Waals surface area (Å²) < 4.78 is 4.92. The van der Waals surface area contributed by atoms with Crippen molar-refractivity contribution in [3.63, 3.8) is 0 Å². The minimum absolute atomic E-state index is 0.201. The number of amides is 3. The number of thiazole rings is 1. The van der Waals surface area contributed by atoms with Gasteiger partial charge in [0, 0.05) is 0 Å². The first kappa shape index (κ1) is 17.7. The molecule has 26 heavy (non-hydrogen) atoms. The molecule has 0 radical (unpaired) electrons. The highest BCUT2D eigenvalue weighted by Crippen LogP contribution is 2.25. The van der Waals surface area contributed by atoms with E-state index in [1.54, 1.807) is 38.1 Å². The third-order valence-electron chi connectivity index (χ3n) is 3.68. The van der Waals surface area contributed by atoms with Gasteiger partial charge in [0.25, 0.3) is 11.8 Å².